The summed E-state index contributed by atoms with van der Waals surface area (Å²) in [5.41, 5.74) is 3.10. The number of nitrogens with one attached hydrogen (secondary N) is 1. The Hall–Kier alpha value is -3.19. The van der Waals surface area contributed by atoms with Crippen LogP contribution in [0.25, 0.3) is 0 Å². The van der Waals surface area contributed by atoms with Gasteiger partial charge in [-0.1, -0.05) is 29.8 Å². The smallest absolute Gasteiger partial charge is 0.241 e. The highest BCUT2D eigenvalue weighted by Crippen LogP contribution is 2.32. The second-order valence-corrected chi connectivity index (χ2v) is 11.5. The molecule has 182 valence electrons. The summed E-state index contributed by atoms with van der Waals surface area (Å²) in [7, 11) is -3.20. The van der Waals surface area contributed by atoms with Crippen molar-refractivity contribution in [3.8, 4) is 6.07 Å². The molecule has 1 aliphatic rings. The van der Waals surface area contributed by atoms with E-state index in [-0.39, 0.29) is 30.3 Å². The monoisotopic (exact) mass is 511 g/mol. The zero-order valence-corrected chi connectivity index (χ0v) is 20.8. The quantitative estimate of drug-likeness (QED) is 0.496. The van der Waals surface area contributed by atoms with Gasteiger partial charge in [-0.3, -0.25) is 9.69 Å². The number of piperazine rings is 1. The fourth-order valence-corrected chi connectivity index (χ4v) is 5.33. The number of carbonyl (C=O) groups is 1. The molecule has 1 aliphatic heterocycles. The molecule has 1 fully saturated rings. The number of halogens is 1. The van der Waals surface area contributed by atoms with Gasteiger partial charge in [-0.15, -0.1) is 0 Å². The van der Waals surface area contributed by atoms with Crippen LogP contribution in [0.15, 0.2) is 61.1 Å². The lowest BCUT2D eigenvalue weighted by Crippen LogP contribution is -2.58. The van der Waals surface area contributed by atoms with E-state index < -0.39 is 9.84 Å². The van der Waals surface area contributed by atoms with Crippen molar-refractivity contribution in [2.75, 3.05) is 30.0 Å². The standard InChI is InChI=1S/C25H26ClN5O3S/c1-35(33,34)10-9-22-15-31(21-4-2-3-20(26)12-21)25(32)16-30(22)24(23-14-28-17-29-23)11-18-5-7-19(13-27)8-6-18/h2-8,12,14,17,22,24H,9-11,15-16H2,1H3,(H,28,29)/t22?,24-/m0/s1. The molecule has 0 radical (unpaired) electrons. The minimum absolute atomic E-state index is 0.0122. The summed E-state index contributed by atoms with van der Waals surface area (Å²) in [6.45, 7) is 0.452. The third kappa shape index (κ3) is 6.28. The van der Waals surface area contributed by atoms with Crippen molar-refractivity contribution in [2.24, 2.45) is 0 Å². The average molecular weight is 512 g/mol. The molecule has 2 heterocycles. The number of carbonyl (C=O) groups excluding carboxylic acids is 1. The number of nitrogens with zero attached hydrogens (tertiary/aromatic N) is 4. The normalized spacial score (nSPS) is 17.8. The summed E-state index contributed by atoms with van der Waals surface area (Å²) < 4.78 is 24.1. The molecule has 10 heteroatoms. The second kappa shape index (κ2) is 10.6. The van der Waals surface area contributed by atoms with E-state index in [4.69, 9.17) is 16.9 Å². The van der Waals surface area contributed by atoms with Crippen LogP contribution in [0.4, 0.5) is 5.69 Å². The second-order valence-electron chi connectivity index (χ2n) is 8.76. The first-order valence-corrected chi connectivity index (χ1v) is 13.6. The Balaban J connectivity index is 1.67. The maximum absolute atomic E-state index is 13.3. The lowest BCUT2D eigenvalue weighted by Gasteiger charge is -2.44. The van der Waals surface area contributed by atoms with Crippen LogP contribution in [-0.4, -0.2) is 60.3 Å². The maximum Gasteiger partial charge on any atom is 0.241 e. The van der Waals surface area contributed by atoms with E-state index in [0.29, 0.717) is 35.7 Å². The molecule has 0 aliphatic carbocycles. The number of anilines is 1. The van der Waals surface area contributed by atoms with E-state index in [1.807, 2.05) is 18.2 Å². The summed E-state index contributed by atoms with van der Waals surface area (Å²) in [6, 6.07) is 16.1. The van der Waals surface area contributed by atoms with E-state index >= 15 is 0 Å². The Bertz CT molecular complexity index is 1320. The molecule has 2 aromatic carbocycles. The van der Waals surface area contributed by atoms with Crippen LogP contribution in [-0.2, 0) is 21.1 Å². The van der Waals surface area contributed by atoms with Crippen molar-refractivity contribution in [1.29, 1.82) is 5.26 Å². The van der Waals surface area contributed by atoms with Gasteiger partial charge in [-0.2, -0.15) is 5.26 Å². The van der Waals surface area contributed by atoms with Crippen molar-refractivity contribution in [2.45, 2.75) is 24.9 Å². The molecule has 0 spiro atoms. The van der Waals surface area contributed by atoms with Crippen LogP contribution in [0.1, 0.15) is 29.3 Å². The first kappa shape index (κ1) is 24.9. The number of hydrogen-bond acceptors (Lipinski definition) is 6. The SMILES string of the molecule is CS(=O)(=O)CCC1CN(c2cccc(Cl)c2)C(=O)CN1[C@@H](Cc1ccc(C#N)cc1)c1cnc[nH]1. The summed E-state index contributed by atoms with van der Waals surface area (Å²) in [4.78, 5) is 24.4. The molecule has 0 saturated carbocycles. The molecule has 0 bridgehead atoms. The summed E-state index contributed by atoms with van der Waals surface area (Å²) in [5, 5.41) is 9.65. The Kier molecular flexibility index (Phi) is 7.55. The number of rotatable bonds is 8. The number of sulfone groups is 1. The fraction of sp³-hybridized carbons (Fsp3) is 0.320. The van der Waals surface area contributed by atoms with Crippen molar-refractivity contribution >= 4 is 33.0 Å². The van der Waals surface area contributed by atoms with Crippen molar-refractivity contribution in [3.05, 3.63) is 82.9 Å². The van der Waals surface area contributed by atoms with Gasteiger partial charge >= 0.3 is 0 Å². The third-order valence-electron chi connectivity index (χ3n) is 6.21. The number of aromatic amines is 1. The van der Waals surface area contributed by atoms with Gasteiger partial charge in [-0.05, 0) is 48.7 Å². The Morgan fingerprint density at radius 3 is 2.66 bits per heavy atom. The minimum Gasteiger partial charge on any atom is -0.347 e. The number of imidazole rings is 1. The summed E-state index contributed by atoms with van der Waals surface area (Å²) >= 11 is 6.17. The molecule has 1 amide bonds. The fourth-order valence-electron chi connectivity index (χ4n) is 4.45. The highest BCUT2D eigenvalue weighted by Gasteiger charge is 2.38. The van der Waals surface area contributed by atoms with E-state index in [9.17, 15) is 13.2 Å². The van der Waals surface area contributed by atoms with Crippen LogP contribution in [0.5, 0.6) is 0 Å². The van der Waals surface area contributed by atoms with Gasteiger partial charge < -0.3 is 9.88 Å². The van der Waals surface area contributed by atoms with E-state index in [1.165, 1.54) is 6.26 Å². The topological polar surface area (TPSA) is 110 Å². The van der Waals surface area contributed by atoms with Crippen LogP contribution in [0.2, 0.25) is 5.02 Å². The molecule has 1 saturated heterocycles. The molecular weight excluding hydrogens is 486 g/mol. The molecule has 35 heavy (non-hydrogen) atoms. The number of amides is 1. The largest absolute Gasteiger partial charge is 0.347 e. The van der Waals surface area contributed by atoms with Gasteiger partial charge in [-0.25, -0.2) is 13.4 Å². The predicted molar refractivity (Wildman–Crippen MR) is 135 cm³/mol. The summed E-state index contributed by atoms with van der Waals surface area (Å²) in [5.74, 6) is -0.0783. The number of nitriles is 1. The van der Waals surface area contributed by atoms with Crippen LogP contribution in [0.3, 0.4) is 0 Å². The van der Waals surface area contributed by atoms with Gasteiger partial charge in [0.15, 0.2) is 0 Å². The van der Waals surface area contributed by atoms with E-state index in [2.05, 4.69) is 20.9 Å². The molecular formula is C25H26ClN5O3S. The number of benzene rings is 2. The molecule has 1 N–H and O–H groups in total. The van der Waals surface area contributed by atoms with Gasteiger partial charge in [0.1, 0.15) is 9.84 Å². The van der Waals surface area contributed by atoms with Gasteiger partial charge in [0, 0.05) is 35.7 Å². The minimum atomic E-state index is -3.20. The van der Waals surface area contributed by atoms with Crippen LogP contribution >= 0.6 is 11.6 Å². The maximum atomic E-state index is 13.3. The number of aromatic nitrogens is 2. The average Bonchev–Trinajstić information content (AvgIpc) is 3.36. The molecule has 1 unspecified atom stereocenters. The zero-order valence-electron chi connectivity index (χ0n) is 19.3. The molecule has 1 aromatic heterocycles. The highest BCUT2D eigenvalue weighted by molar-refractivity contribution is 7.90. The lowest BCUT2D eigenvalue weighted by molar-refractivity contribution is -0.123. The summed E-state index contributed by atoms with van der Waals surface area (Å²) in [6.07, 6.45) is 5.49. The first-order valence-electron chi connectivity index (χ1n) is 11.2. The third-order valence-corrected chi connectivity index (χ3v) is 7.43. The van der Waals surface area contributed by atoms with E-state index in [0.717, 1.165) is 11.3 Å². The highest BCUT2D eigenvalue weighted by atomic mass is 35.5. The lowest BCUT2D eigenvalue weighted by atomic mass is 9.97. The van der Waals surface area contributed by atoms with Gasteiger partial charge in [0.25, 0.3) is 0 Å². The number of hydrogen-bond donors (Lipinski definition) is 1. The Morgan fingerprint density at radius 1 is 1.26 bits per heavy atom. The molecule has 2 atom stereocenters. The molecule has 8 nitrogen and oxygen atoms in total. The van der Waals surface area contributed by atoms with Gasteiger partial charge in [0.2, 0.25) is 5.91 Å². The molecule has 4 rings (SSSR count). The predicted octanol–water partition coefficient (Wildman–Crippen LogP) is 3.37. The number of H-pyrrole nitrogens is 1. The van der Waals surface area contributed by atoms with E-state index in [1.54, 1.807) is 47.8 Å². The van der Waals surface area contributed by atoms with Crippen molar-refractivity contribution in [3.63, 3.8) is 0 Å². The molecule has 3 aromatic rings. The van der Waals surface area contributed by atoms with Crippen LogP contribution < -0.4 is 4.90 Å². The zero-order chi connectivity index (χ0) is 25.0. The van der Waals surface area contributed by atoms with Gasteiger partial charge in [0.05, 0.1) is 42.0 Å². The Morgan fingerprint density at radius 2 is 2.03 bits per heavy atom. The van der Waals surface area contributed by atoms with Crippen molar-refractivity contribution in [1.82, 2.24) is 14.9 Å². The Labute approximate surface area is 210 Å². The first-order chi connectivity index (χ1) is 16.7. The van der Waals surface area contributed by atoms with Crippen LogP contribution in [0, 0.1) is 11.3 Å². The van der Waals surface area contributed by atoms with Crippen molar-refractivity contribution < 1.29 is 13.2 Å².